The Morgan fingerprint density at radius 1 is 1.21 bits per heavy atom. The largest absolute Gasteiger partial charge is 0.480 e. The second-order valence-corrected chi connectivity index (χ2v) is 9.09. The van der Waals surface area contributed by atoms with Crippen LogP contribution in [-0.4, -0.2) is 57.7 Å². The average molecular weight is 533 g/mol. The van der Waals surface area contributed by atoms with Crippen molar-refractivity contribution in [2.45, 2.75) is 32.6 Å². The normalized spacial score (nSPS) is 16.5. The molecule has 0 radical (unpaired) electrons. The molecule has 0 bridgehead atoms. The number of carbonyl (C=O) groups excluding carboxylic acids is 2. The molecule has 2 rings (SSSR count). The van der Waals surface area contributed by atoms with Crippen LogP contribution in [0.3, 0.4) is 0 Å². The Kier molecular flexibility index (Phi) is 10.6. The van der Waals surface area contributed by atoms with Crippen molar-refractivity contribution in [3.63, 3.8) is 0 Å². The number of carbonyl (C=O) groups is 2. The second-order valence-electron chi connectivity index (χ2n) is 7.32. The van der Waals surface area contributed by atoms with Crippen molar-refractivity contribution in [2.24, 2.45) is 5.92 Å². The van der Waals surface area contributed by atoms with Crippen LogP contribution in [0.5, 0.6) is 0 Å². The van der Waals surface area contributed by atoms with Gasteiger partial charge in [-0.2, -0.15) is 0 Å². The van der Waals surface area contributed by atoms with Crippen LogP contribution in [0.2, 0.25) is 0 Å². The van der Waals surface area contributed by atoms with Crippen molar-refractivity contribution < 1.29 is 18.9 Å². The molecule has 1 aliphatic rings. The molecule has 7 nitrogen and oxygen atoms in total. The van der Waals surface area contributed by atoms with Crippen molar-refractivity contribution in [1.82, 2.24) is 16.0 Å². The van der Waals surface area contributed by atoms with Crippen LogP contribution in [0.1, 0.15) is 37.0 Å². The number of hydrogen-bond acceptors (Lipinski definition) is 5. The van der Waals surface area contributed by atoms with E-state index in [1.807, 2.05) is 6.07 Å². The summed E-state index contributed by atoms with van der Waals surface area (Å²) < 4.78 is 13.2. The van der Waals surface area contributed by atoms with E-state index in [-0.39, 0.29) is 24.3 Å². The Bertz CT molecular complexity index is 683. The maximum Gasteiger partial charge on any atom is 0.480 e. The number of rotatable bonds is 7. The molecular formula is C19H28BBr2N3O4. The zero-order valence-corrected chi connectivity index (χ0v) is 20.0. The third-order valence-corrected chi connectivity index (χ3v) is 5.51. The van der Waals surface area contributed by atoms with Crippen molar-refractivity contribution >= 4 is 50.8 Å². The van der Waals surface area contributed by atoms with Gasteiger partial charge in [-0.1, -0.05) is 29.8 Å². The van der Waals surface area contributed by atoms with Gasteiger partial charge in [0, 0.05) is 28.7 Å². The molecule has 0 aliphatic carbocycles. The van der Waals surface area contributed by atoms with Crippen molar-refractivity contribution in [2.75, 3.05) is 32.8 Å². The summed E-state index contributed by atoms with van der Waals surface area (Å²) in [6, 6.07) is 5.31. The van der Waals surface area contributed by atoms with Crippen LogP contribution < -0.4 is 16.0 Å². The van der Waals surface area contributed by atoms with Crippen LogP contribution in [0.15, 0.2) is 27.1 Å². The van der Waals surface area contributed by atoms with Gasteiger partial charge in [0.1, 0.15) is 0 Å². The fourth-order valence-corrected chi connectivity index (χ4v) is 3.77. The highest BCUT2D eigenvalue weighted by atomic mass is 79.9. The Morgan fingerprint density at radius 2 is 1.97 bits per heavy atom. The number of halogens is 2. The third kappa shape index (κ3) is 8.76. The summed E-state index contributed by atoms with van der Waals surface area (Å²) in [5, 5.41) is 8.92. The lowest BCUT2D eigenvalue weighted by atomic mass is 9.73. The van der Waals surface area contributed by atoms with Gasteiger partial charge in [-0.15, -0.1) is 0 Å². The number of hydrogen-bond donors (Lipinski definition) is 3. The van der Waals surface area contributed by atoms with E-state index in [1.54, 1.807) is 12.1 Å². The first-order chi connectivity index (χ1) is 13.9. The molecule has 1 aromatic carbocycles. The first kappa shape index (κ1) is 24.3. The van der Waals surface area contributed by atoms with Crippen LogP contribution in [0.25, 0.3) is 0 Å². The molecule has 1 heterocycles. The van der Waals surface area contributed by atoms with E-state index in [2.05, 4.69) is 61.7 Å². The second kappa shape index (κ2) is 12.7. The SMILES string of the molecule is CC(C)C[C@H](NC(=O)CNC(=O)c1cc(Br)ccc1Br)B1OCCCNCCO1. The fraction of sp³-hybridized carbons (Fsp3) is 0.579. The Balaban J connectivity index is 1.94. The maximum absolute atomic E-state index is 12.5. The van der Waals surface area contributed by atoms with Gasteiger partial charge in [-0.25, -0.2) is 0 Å². The summed E-state index contributed by atoms with van der Waals surface area (Å²) in [6.07, 6.45) is 1.61. The van der Waals surface area contributed by atoms with E-state index < -0.39 is 7.12 Å². The highest BCUT2D eigenvalue weighted by molar-refractivity contribution is 9.11. The summed E-state index contributed by atoms with van der Waals surface area (Å²) in [4.78, 5) is 24.9. The molecule has 0 saturated carbocycles. The quantitative estimate of drug-likeness (QED) is 0.470. The summed E-state index contributed by atoms with van der Waals surface area (Å²) >= 11 is 6.71. The number of amides is 2. The molecule has 1 aromatic rings. The zero-order chi connectivity index (χ0) is 21.2. The summed E-state index contributed by atoms with van der Waals surface area (Å²) in [6.45, 7) is 6.76. The number of benzene rings is 1. The van der Waals surface area contributed by atoms with E-state index in [9.17, 15) is 9.59 Å². The molecule has 2 amide bonds. The molecule has 29 heavy (non-hydrogen) atoms. The van der Waals surface area contributed by atoms with Crippen molar-refractivity contribution in [1.29, 1.82) is 0 Å². The molecular weight excluding hydrogens is 505 g/mol. The predicted molar refractivity (Wildman–Crippen MR) is 121 cm³/mol. The van der Waals surface area contributed by atoms with Gasteiger partial charge in [0.2, 0.25) is 5.91 Å². The minimum Gasteiger partial charge on any atom is -0.410 e. The standard InChI is InChI=1S/C19H28BBr2N3O4/c1-13(2)10-17(20-28-8-3-6-23-7-9-29-20)25-18(26)12-24-19(27)15-11-14(21)4-5-16(15)22/h4-5,11,13,17,23H,3,6-10,12H2,1-2H3,(H,24,27)(H,25,26)/t17-/m0/s1. The van der Waals surface area contributed by atoms with Gasteiger partial charge in [0.25, 0.3) is 5.91 Å². The minimum absolute atomic E-state index is 0.124. The molecule has 10 heteroatoms. The van der Waals surface area contributed by atoms with E-state index in [4.69, 9.17) is 9.31 Å². The molecule has 0 aromatic heterocycles. The van der Waals surface area contributed by atoms with Gasteiger partial charge in [0.15, 0.2) is 0 Å². The summed E-state index contributed by atoms with van der Waals surface area (Å²) in [5.74, 6) is -0.532. The lowest BCUT2D eigenvalue weighted by molar-refractivity contribution is -0.120. The van der Waals surface area contributed by atoms with Gasteiger partial charge in [-0.3, -0.25) is 9.59 Å². The Morgan fingerprint density at radius 3 is 2.72 bits per heavy atom. The van der Waals surface area contributed by atoms with Crippen LogP contribution in [0.4, 0.5) is 0 Å². The minimum atomic E-state index is -0.504. The predicted octanol–water partition coefficient (Wildman–Crippen LogP) is 2.53. The molecule has 1 saturated heterocycles. The van der Waals surface area contributed by atoms with E-state index >= 15 is 0 Å². The molecule has 1 aliphatic heterocycles. The van der Waals surface area contributed by atoms with Crippen LogP contribution in [-0.2, 0) is 14.1 Å². The lowest BCUT2D eigenvalue weighted by Gasteiger charge is -2.25. The Hall–Kier alpha value is -0.935. The summed E-state index contributed by atoms with van der Waals surface area (Å²) in [5.41, 5.74) is 0.460. The topological polar surface area (TPSA) is 88.7 Å². The molecule has 1 fully saturated rings. The van der Waals surface area contributed by atoms with E-state index in [1.165, 1.54) is 0 Å². The number of nitrogens with one attached hydrogen (secondary N) is 3. The molecule has 160 valence electrons. The molecule has 1 atom stereocenters. The fourth-order valence-electron chi connectivity index (χ4n) is 2.98. The van der Waals surface area contributed by atoms with E-state index in [0.717, 1.165) is 30.4 Å². The monoisotopic (exact) mass is 531 g/mol. The highest BCUT2D eigenvalue weighted by Gasteiger charge is 2.32. The van der Waals surface area contributed by atoms with E-state index in [0.29, 0.717) is 29.2 Å². The first-order valence-corrected chi connectivity index (χ1v) is 11.4. The van der Waals surface area contributed by atoms with Crippen LogP contribution >= 0.6 is 31.9 Å². The molecule has 3 N–H and O–H groups in total. The zero-order valence-electron chi connectivity index (χ0n) is 16.8. The van der Waals surface area contributed by atoms with Gasteiger partial charge >= 0.3 is 7.12 Å². The highest BCUT2D eigenvalue weighted by Crippen LogP contribution is 2.21. The lowest BCUT2D eigenvalue weighted by Crippen LogP contribution is -2.52. The molecule has 0 spiro atoms. The maximum atomic E-state index is 12.5. The van der Waals surface area contributed by atoms with Crippen molar-refractivity contribution in [3.8, 4) is 0 Å². The average Bonchev–Trinajstić information content (AvgIpc) is 2.81. The van der Waals surface area contributed by atoms with Crippen molar-refractivity contribution in [3.05, 3.63) is 32.7 Å². The molecule has 0 unspecified atom stereocenters. The third-order valence-electron chi connectivity index (χ3n) is 4.32. The smallest absolute Gasteiger partial charge is 0.410 e. The van der Waals surface area contributed by atoms with Gasteiger partial charge in [-0.05, 0) is 59.4 Å². The Labute approximate surface area is 189 Å². The van der Waals surface area contributed by atoms with Crippen LogP contribution in [0, 0.1) is 5.92 Å². The van der Waals surface area contributed by atoms with Gasteiger partial charge in [0.05, 0.1) is 18.0 Å². The first-order valence-electron chi connectivity index (χ1n) is 9.83. The summed E-state index contributed by atoms with van der Waals surface area (Å²) in [7, 11) is -0.504. The van der Waals surface area contributed by atoms with Gasteiger partial charge < -0.3 is 25.3 Å².